The van der Waals surface area contributed by atoms with Gasteiger partial charge in [-0.15, -0.1) is 0 Å². The second-order valence-corrected chi connectivity index (χ2v) is 3.36. The molecule has 0 radical (unpaired) electrons. The van der Waals surface area contributed by atoms with Gasteiger partial charge in [-0.1, -0.05) is 13.0 Å². The Kier molecular flexibility index (Phi) is 3.84. The summed E-state index contributed by atoms with van der Waals surface area (Å²) in [6, 6.07) is 0. The molecule has 0 spiro atoms. The molecule has 1 aliphatic heterocycles. The zero-order valence-corrected chi connectivity index (χ0v) is 7.71. The van der Waals surface area contributed by atoms with Crippen molar-refractivity contribution in [3.8, 4) is 0 Å². The molecule has 1 saturated heterocycles. The molecule has 3 nitrogen and oxygen atoms in total. The predicted molar refractivity (Wildman–Crippen MR) is 43.9 cm³/mol. The predicted octanol–water partition coefficient (Wildman–Crippen LogP) is 2.59. The lowest BCUT2D eigenvalue weighted by molar-refractivity contribution is 0.227. The van der Waals surface area contributed by atoms with Crippen molar-refractivity contribution in [1.29, 1.82) is 0 Å². The van der Waals surface area contributed by atoms with Crippen LogP contribution in [0.2, 0.25) is 0 Å². The summed E-state index contributed by atoms with van der Waals surface area (Å²) in [5.41, 5.74) is 0. The van der Waals surface area contributed by atoms with Crippen LogP contribution in [-0.2, 0) is 13.6 Å². The van der Waals surface area contributed by atoms with Crippen LogP contribution in [0, 0.1) is 0 Å². The summed E-state index contributed by atoms with van der Waals surface area (Å²) in [4.78, 5) is 0. The molecule has 1 rings (SSSR count). The summed E-state index contributed by atoms with van der Waals surface area (Å²) in [5.74, 6) is 0. The second-order valence-electron chi connectivity index (χ2n) is 2.23. The number of rotatable bonds is 3. The Hall–Kier alpha value is -0.110. The van der Waals surface area contributed by atoms with Crippen LogP contribution in [0.5, 0.6) is 0 Å². The molecule has 11 heavy (non-hydrogen) atoms. The van der Waals surface area contributed by atoms with Crippen molar-refractivity contribution in [3.05, 3.63) is 12.3 Å². The summed E-state index contributed by atoms with van der Waals surface area (Å²) >= 11 is 0. The molecule has 2 unspecified atom stereocenters. The Labute approximate surface area is 68.3 Å². The lowest BCUT2D eigenvalue weighted by atomic mass is 10.3. The highest BCUT2D eigenvalue weighted by Crippen LogP contribution is 2.47. The summed E-state index contributed by atoms with van der Waals surface area (Å²) in [6.07, 6.45) is 4.63. The molecule has 0 aliphatic carbocycles. The van der Waals surface area contributed by atoms with Crippen LogP contribution < -0.4 is 0 Å². The Morgan fingerprint density at radius 3 is 3.09 bits per heavy atom. The molecule has 0 saturated carbocycles. The van der Waals surface area contributed by atoms with Gasteiger partial charge in [-0.05, 0) is 13.3 Å². The first kappa shape index (κ1) is 8.98. The van der Waals surface area contributed by atoms with Crippen LogP contribution in [-0.4, -0.2) is 12.7 Å². The maximum absolute atomic E-state index is 5.38. The first-order valence-electron chi connectivity index (χ1n) is 3.74. The van der Waals surface area contributed by atoms with Crippen molar-refractivity contribution < 1.29 is 13.6 Å². The largest absolute Gasteiger partial charge is 0.435 e. The van der Waals surface area contributed by atoms with Crippen LogP contribution in [0.25, 0.3) is 0 Å². The van der Waals surface area contributed by atoms with E-state index < -0.39 is 8.60 Å². The third-order valence-electron chi connectivity index (χ3n) is 1.34. The number of hydrogen-bond acceptors (Lipinski definition) is 3. The molecule has 0 amide bonds. The van der Waals surface area contributed by atoms with Crippen molar-refractivity contribution in [3.63, 3.8) is 0 Å². The van der Waals surface area contributed by atoms with Crippen molar-refractivity contribution in [2.24, 2.45) is 0 Å². The highest BCUT2D eigenvalue weighted by molar-refractivity contribution is 7.42. The summed E-state index contributed by atoms with van der Waals surface area (Å²) in [7, 11) is -1.08. The Bertz CT molecular complexity index is 138. The molecule has 0 aromatic heterocycles. The minimum atomic E-state index is -1.08. The van der Waals surface area contributed by atoms with Gasteiger partial charge in [0.15, 0.2) is 0 Å². The van der Waals surface area contributed by atoms with Gasteiger partial charge in [0.05, 0.1) is 19.0 Å². The standard InChI is InChI=1S/C7H13O3P/c1-3-5-8-11-9-6-7(4-2)10-11/h3,5,7H,4,6H2,1-2H3. The van der Waals surface area contributed by atoms with E-state index in [-0.39, 0.29) is 6.10 Å². The minimum Gasteiger partial charge on any atom is -0.435 e. The maximum Gasteiger partial charge on any atom is 0.397 e. The Balaban J connectivity index is 2.19. The molecule has 0 aromatic rings. The smallest absolute Gasteiger partial charge is 0.397 e. The fourth-order valence-corrected chi connectivity index (χ4v) is 1.82. The molecule has 1 heterocycles. The van der Waals surface area contributed by atoms with E-state index in [0.717, 1.165) is 6.42 Å². The van der Waals surface area contributed by atoms with E-state index in [4.69, 9.17) is 13.6 Å². The molecule has 0 aromatic carbocycles. The average molecular weight is 176 g/mol. The monoisotopic (exact) mass is 176 g/mol. The SMILES string of the molecule is CC=COP1OCC(CC)O1. The van der Waals surface area contributed by atoms with Crippen molar-refractivity contribution in [2.45, 2.75) is 26.4 Å². The quantitative estimate of drug-likeness (QED) is 0.488. The van der Waals surface area contributed by atoms with Gasteiger partial charge in [-0.3, -0.25) is 9.05 Å². The number of hydrogen-bond donors (Lipinski definition) is 0. The van der Waals surface area contributed by atoms with Gasteiger partial charge in [0.25, 0.3) is 0 Å². The van der Waals surface area contributed by atoms with Crippen molar-refractivity contribution in [1.82, 2.24) is 0 Å². The van der Waals surface area contributed by atoms with E-state index in [0.29, 0.717) is 6.61 Å². The zero-order chi connectivity index (χ0) is 8.10. The molecule has 2 atom stereocenters. The lowest BCUT2D eigenvalue weighted by Gasteiger charge is -2.05. The van der Waals surface area contributed by atoms with Crippen molar-refractivity contribution >= 4 is 8.60 Å². The van der Waals surface area contributed by atoms with E-state index in [9.17, 15) is 0 Å². The molecule has 0 bridgehead atoms. The minimum absolute atomic E-state index is 0.228. The summed E-state index contributed by atoms with van der Waals surface area (Å²) < 4.78 is 15.7. The zero-order valence-electron chi connectivity index (χ0n) is 6.82. The normalized spacial score (nSPS) is 31.5. The number of allylic oxidation sites excluding steroid dienone is 1. The molecule has 1 aliphatic rings. The average Bonchev–Trinajstić information content (AvgIpc) is 2.48. The van der Waals surface area contributed by atoms with Gasteiger partial charge in [-0.2, -0.15) is 0 Å². The van der Waals surface area contributed by atoms with Gasteiger partial charge in [-0.25, -0.2) is 0 Å². The third-order valence-corrected chi connectivity index (χ3v) is 2.46. The van der Waals surface area contributed by atoms with E-state index in [1.807, 2.05) is 13.0 Å². The highest BCUT2D eigenvalue weighted by atomic mass is 31.2. The molecular weight excluding hydrogens is 163 g/mol. The van der Waals surface area contributed by atoms with Crippen LogP contribution in [0.3, 0.4) is 0 Å². The second kappa shape index (κ2) is 4.70. The molecule has 4 heteroatoms. The molecule has 1 fully saturated rings. The first-order chi connectivity index (χ1) is 5.36. The van der Waals surface area contributed by atoms with E-state index >= 15 is 0 Å². The highest BCUT2D eigenvalue weighted by Gasteiger charge is 2.27. The first-order valence-corrected chi connectivity index (χ1v) is 4.84. The summed E-state index contributed by atoms with van der Waals surface area (Å²) in [5, 5.41) is 0. The molecular formula is C7H13O3P. The van der Waals surface area contributed by atoms with Crippen LogP contribution in [0.15, 0.2) is 12.3 Å². The molecule has 0 N–H and O–H groups in total. The van der Waals surface area contributed by atoms with E-state index in [1.165, 1.54) is 0 Å². The van der Waals surface area contributed by atoms with E-state index in [1.54, 1.807) is 6.26 Å². The van der Waals surface area contributed by atoms with Gasteiger partial charge in [0.2, 0.25) is 0 Å². The third kappa shape index (κ3) is 2.78. The Morgan fingerprint density at radius 1 is 1.73 bits per heavy atom. The fourth-order valence-electron chi connectivity index (χ4n) is 0.685. The van der Waals surface area contributed by atoms with Gasteiger partial charge < -0.3 is 4.52 Å². The van der Waals surface area contributed by atoms with Gasteiger partial charge in [0.1, 0.15) is 0 Å². The Morgan fingerprint density at radius 2 is 2.55 bits per heavy atom. The molecule has 64 valence electrons. The van der Waals surface area contributed by atoms with Crippen LogP contribution in [0.1, 0.15) is 20.3 Å². The van der Waals surface area contributed by atoms with Crippen molar-refractivity contribution in [2.75, 3.05) is 6.61 Å². The van der Waals surface area contributed by atoms with Gasteiger partial charge >= 0.3 is 8.60 Å². The van der Waals surface area contributed by atoms with Crippen LogP contribution >= 0.6 is 8.60 Å². The fraction of sp³-hybridized carbons (Fsp3) is 0.714. The summed E-state index contributed by atoms with van der Waals surface area (Å²) in [6.45, 7) is 4.63. The lowest BCUT2D eigenvalue weighted by Crippen LogP contribution is -2.05. The topological polar surface area (TPSA) is 27.7 Å². The van der Waals surface area contributed by atoms with E-state index in [2.05, 4.69) is 6.92 Å². The van der Waals surface area contributed by atoms with Crippen LogP contribution in [0.4, 0.5) is 0 Å². The maximum atomic E-state index is 5.38. The van der Waals surface area contributed by atoms with Gasteiger partial charge in [0, 0.05) is 0 Å².